The average Bonchev–Trinajstić information content (AvgIpc) is 3.06. The van der Waals surface area contributed by atoms with Crippen molar-refractivity contribution in [2.24, 2.45) is 10.9 Å². The van der Waals surface area contributed by atoms with E-state index in [1.165, 1.54) is 21.9 Å². The highest BCUT2D eigenvalue weighted by Crippen LogP contribution is 2.33. The molecule has 1 fully saturated rings. The first-order valence-corrected chi connectivity index (χ1v) is 12.2. The number of aromatic nitrogens is 1. The maximum Gasteiger partial charge on any atom is 0.252 e. The lowest BCUT2D eigenvalue weighted by Crippen LogP contribution is -2.41. The third-order valence-corrected chi connectivity index (χ3v) is 7.43. The van der Waals surface area contributed by atoms with E-state index >= 15 is 0 Å². The Morgan fingerprint density at radius 3 is 2.57 bits per heavy atom. The van der Waals surface area contributed by atoms with Crippen LogP contribution in [0.25, 0.3) is 10.2 Å². The molecule has 2 heterocycles. The lowest BCUT2D eigenvalue weighted by Gasteiger charge is -2.28. The van der Waals surface area contributed by atoms with Crippen LogP contribution in [0.5, 0.6) is 11.5 Å². The number of hydrogen-bond donors (Lipinski definition) is 0. The molecule has 0 aliphatic carbocycles. The molecule has 166 valence electrons. The largest absolute Gasteiger partial charge is 0.493 e. The Bertz CT molecular complexity index is 1090. The number of thiazole rings is 1. The fraction of sp³-hybridized carbons (Fsp3) is 0.579. The number of sulfonamides is 1. The minimum Gasteiger partial charge on any atom is -0.493 e. The maximum atomic E-state index is 12.9. The number of hydrogen-bond acceptors (Lipinski definition) is 7. The van der Waals surface area contributed by atoms with Crippen molar-refractivity contribution >= 4 is 37.5 Å². The fourth-order valence-corrected chi connectivity index (χ4v) is 5.49. The molecule has 1 unspecified atom stereocenters. The van der Waals surface area contributed by atoms with Crippen LogP contribution >= 0.6 is 11.3 Å². The molecular weight excluding hydrogens is 430 g/mol. The Morgan fingerprint density at radius 2 is 1.93 bits per heavy atom. The summed E-state index contributed by atoms with van der Waals surface area (Å²) in [7, 11) is 1.43. The quantitative estimate of drug-likeness (QED) is 0.624. The summed E-state index contributed by atoms with van der Waals surface area (Å²) in [5, 5.41) is 0. The number of benzene rings is 1. The van der Waals surface area contributed by atoms with E-state index in [1.54, 1.807) is 21.3 Å². The van der Waals surface area contributed by atoms with E-state index in [0.29, 0.717) is 48.8 Å². The molecule has 1 aliphatic rings. The standard InChI is InChI=1S/C19H27N3O6S2/c1-26-9-8-22-14-10-15(27-2)16(28-3)11-17(14)29-19(22)20-18(23)13-6-5-7-21(12-13)30(4,24)25/h10-11,13H,5-9,12H2,1-4H3. The van der Waals surface area contributed by atoms with Crippen LogP contribution < -0.4 is 14.3 Å². The number of carbonyl (C=O) groups is 1. The fourth-order valence-electron chi connectivity index (χ4n) is 3.51. The Kier molecular flexibility index (Phi) is 7.17. The average molecular weight is 458 g/mol. The first-order valence-electron chi connectivity index (χ1n) is 9.56. The number of fused-ring (bicyclic) bond motifs is 1. The Morgan fingerprint density at radius 1 is 1.23 bits per heavy atom. The number of carbonyl (C=O) groups excluding carboxylic acids is 1. The summed E-state index contributed by atoms with van der Waals surface area (Å²) in [5.74, 6) is 0.431. The highest BCUT2D eigenvalue weighted by Gasteiger charge is 2.30. The van der Waals surface area contributed by atoms with Gasteiger partial charge in [0, 0.05) is 38.9 Å². The molecule has 0 radical (unpaired) electrons. The van der Waals surface area contributed by atoms with Crippen molar-refractivity contribution in [1.29, 1.82) is 0 Å². The highest BCUT2D eigenvalue weighted by molar-refractivity contribution is 7.88. The van der Waals surface area contributed by atoms with Crippen molar-refractivity contribution in [3.63, 3.8) is 0 Å². The van der Waals surface area contributed by atoms with Gasteiger partial charge in [-0.15, -0.1) is 0 Å². The monoisotopic (exact) mass is 457 g/mol. The van der Waals surface area contributed by atoms with E-state index in [9.17, 15) is 13.2 Å². The molecule has 1 saturated heterocycles. The van der Waals surface area contributed by atoms with Gasteiger partial charge in [0.25, 0.3) is 5.91 Å². The van der Waals surface area contributed by atoms with Gasteiger partial charge in [0.15, 0.2) is 16.3 Å². The predicted octanol–water partition coefficient (Wildman–Crippen LogP) is 1.47. The summed E-state index contributed by atoms with van der Waals surface area (Å²) in [5.41, 5.74) is 0.864. The molecule has 1 aromatic carbocycles. The molecule has 0 spiro atoms. The second kappa shape index (κ2) is 9.46. The predicted molar refractivity (Wildman–Crippen MR) is 115 cm³/mol. The molecule has 1 aliphatic heterocycles. The molecule has 1 amide bonds. The van der Waals surface area contributed by atoms with Crippen molar-refractivity contribution in [3.8, 4) is 11.5 Å². The number of rotatable bonds is 7. The lowest BCUT2D eigenvalue weighted by molar-refractivity contribution is -0.122. The van der Waals surface area contributed by atoms with Crippen molar-refractivity contribution in [2.75, 3.05) is 47.3 Å². The van der Waals surface area contributed by atoms with Crippen LogP contribution in [0.1, 0.15) is 12.8 Å². The van der Waals surface area contributed by atoms with Gasteiger partial charge in [0.2, 0.25) is 10.0 Å². The molecule has 0 N–H and O–H groups in total. The molecule has 11 heteroatoms. The van der Waals surface area contributed by atoms with Crippen LogP contribution in [0, 0.1) is 5.92 Å². The van der Waals surface area contributed by atoms with Gasteiger partial charge >= 0.3 is 0 Å². The lowest BCUT2D eigenvalue weighted by atomic mass is 9.99. The smallest absolute Gasteiger partial charge is 0.252 e. The van der Waals surface area contributed by atoms with Gasteiger partial charge in [-0.1, -0.05) is 11.3 Å². The summed E-state index contributed by atoms with van der Waals surface area (Å²) in [4.78, 5) is 17.8. The molecular formula is C19H27N3O6S2. The van der Waals surface area contributed by atoms with Crippen molar-refractivity contribution in [1.82, 2.24) is 8.87 Å². The van der Waals surface area contributed by atoms with Crippen molar-refractivity contribution < 1.29 is 27.4 Å². The Balaban J connectivity index is 2.02. The van der Waals surface area contributed by atoms with Crippen molar-refractivity contribution in [2.45, 2.75) is 19.4 Å². The van der Waals surface area contributed by atoms with E-state index < -0.39 is 15.9 Å². The topological polar surface area (TPSA) is 99.4 Å². The third kappa shape index (κ3) is 4.85. The van der Waals surface area contributed by atoms with Gasteiger partial charge < -0.3 is 18.8 Å². The van der Waals surface area contributed by atoms with E-state index in [1.807, 2.05) is 16.7 Å². The molecule has 0 saturated carbocycles. The molecule has 0 bridgehead atoms. The number of nitrogens with zero attached hydrogens (tertiary/aromatic N) is 3. The number of ether oxygens (including phenoxy) is 3. The normalized spacial score (nSPS) is 18.7. The van der Waals surface area contributed by atoms with Gasteiger partial charge in [-0.05, 0) is 12.8 Å². The first-order chi connectivity index (χ1) is 14.3. The van der Waals surface area contributed by atoms with Crippen LogP contribution in [0.4, 0.5) is 0 Å². The van der Waals surface area contributed by atoms with E-state index in [4.69, 9.17) is 14.2 Å². The SMILES string of the molecule is COCCn1c(=NC(=O)C2CCCN(S(C)(=O)=O)C2)sc2cc(OC)c(OC)cc21. The van der Waals surface area contributed by atoms with E-state index in [-0.39, 0.29) is 12.5 Å². The van der Waals surface area contributed by atoms with Gasteiger partial charge in [-0.25, -0.2) is 12.7 Å². The molecule has 1 atom stereocenters. The zero-order valence-corrected chi connectivity index (χ0v) is 19.2. The van der Waals surface area contributed by atoms with Crippen LogP contribution in [0.2, 0.25) is 0 Å². The Hall–Kier alpha value is -1.95. The van der Waals surface area contributed by atoms with Gasteiger partial charge in [-0.2, -0.15) is 4.99 Å². The van der Waals surface area contributed by atoms with E-state index in [2.05, 4.69) is 4.99 Å². The second-order valence-electron chi connectivity index (χ2n) is 7.11. The first kappa shape index (κ1) is 22.7. The van der Waals surface area contributed by atoms with Crippen LogP contribution in [-0.2, 0) is 26.1 Å². The second-order valence-corrected chi connectivity index (χ2v) is 10.1. The van der Waals surface area contributed by atoms with Crippen LogP contribution in [0.15, 0.2) is 17.1 Å². The molecule has 2 aromatic rings. The summed E-state index contributed by atoms with van der Waals surface area (Å²) >= 11 is 1.37. The minimum absolute atomic E-state index is 0.172. The van der Waals surface area contributed by atoms with E-state index in [0.717, 1.165) is 10.2 Å². The Labute approximate surface area is 179 Å². The third-order valence-electron chi connectivity index (χ3n) is 5.12. The highest BCUT2D eigenvalue weighted by atomic mass is 32.2. The molecule has 1 aromatic heterocycles. The number of methoxy groups -OCH3 is 3. The zero-order valence-electron chi connectivity index (χ0n) is 17.6. The summed E-state index contributed by atoms with van der Waals surface area (Å²) in [6.07, 6.45) is 2.44. The number of piperidine rings is 1. The van der Waals surface area contributed by atoms with Gasteiger partial charge in [0.05, 0.1) is 43.2 Å². The molecule has 3 rings (SSSR count). The number of amides is 1. The van der Waals surface area contributed by atoms with Crippen LogP contribution in [0.3, 0.4) is 0 Å². The van der Waals surface area contributed by atoms with Gasteiger partial charge in [-0.3, -0.25) is 4.79 Å². The summed E-state index contributed by atoms with van der Waals surface area (Å²) in [6.45, 7) is 1.58. The maximum absolute atomic E-state index is 12.9. The summed E-state index contributed by atoms with van der Waals surface area (Å²) < 4.78 is 43.9. The molecule has 30 heavy (non-hydrogen) atoms. The summed E-state index contributed by atoms with van der Waals surface area (Å²) in [6, 6.07) is 3.72. The minimum atomic E-state index is -3.33. The zero-order chi connectivity index (χ0) is 21.9. The van der Waals surface area contributed by atoms with Gasteiger partial charge in [0.1, 0.15) is 0 Å². The molecule has 9 nitrogen and oxygen atoms in total. The van der Waals surface area contributed by atoms with Crippen molar-refractivity contribution in [3.05, 3.63) is 16.9 Å². The van der Waals surface area contributed by atoms with Crippen LogP contribution in [-0.4, -0.2) is 70.5 Å².